The number of rotatable bonds is 3. The van der Waals surface area contributed by atoms with E-state index in [9.17, 15) is 22.4 Å². The van der Waals surface area contributed by atoms with Gasteiger partial charge in [0.2, 0.25) is 0 Å². The smallest absolute Gasteiger partial charge is 0.384 e. The van der Waals surface area contributed by atoms with E-state index < -0.39 is 37.5 Å². The molecule has 0 saturated heterocycles. The molecule has 0 aliphatic carbocycles. The van der Waals surface area contributed by atoms with Gasteiger partial charge in [0.1, 0.15) is 12.4 Å². The number of nitrogens with zero attached hydrogens (tertiary/aromatic N) is 1. The lowest BCUT2D eigenvalue weighted by Crippen LogP contribution is -2.30. The minimum atomic E-state index is -4.36. The summed E-state index contributed by atoms with van der Waals surface area (Å²) >= 11 is 0. The molecule has 1 N–H and O–H groups in total. The Hall–Kier alpha value is -2.07. The maximum absolute atomic E-state index is 13.6. The summed E-state index contributed by atoms with van der Waals surface area (Å²) < 4.78 is 49.9. The second kappa shape index (κ2) is 7.09. The molecular formula is C14H13F4NO2. The minimum Gasteiger partial charge on any atom is -0.384 e. The Morgan fingerprint density at radius 3 is 2.57 bits per heavy atom. The number of hydrogen-bond acceptors (Lipinski definition) is 2. The van der Waals surface area contributed by atoms with Gasteiger partial charge >= 0.3 is 6.18 Å². The molecule has 0 aromatic heterocycles. The Balaban J connectivity index is 2.81. The fourth-order valence-corrected chi connectivity index (χ4v) is 1.50. The van der Waals surface area contributed by atoms with Crippen LogP contribution in [0.1, 0.15) is 22.3 Å². The average molecular weight is 303 g/mol. The second-order valence-corrected chi connectivity index (χ2v) is 4.25. The van der Waals surface area contributed by atoms with Crippen LogP contribution in [0.15, 0.2) is 18.2 Å². The highest BCUT2D eigenvalue weighted by Gasteiger charge is 2.28. The van der Waals surface area contributed by atoms with Gasteiger partial charge in [-0.25, -0.2) is 4.39 Å². The summed E-state index contributed by atoms with van der Waals surface area (Å²) in [6.07, 6.45) is -5.48. The number of aliphatic hydroxyl groups is 1. The van der Waals surface area contributed by atoms with Crippen LogP contribution >= 0.6 is 0 Å². The van der Waals surface area contributed by atoms with Gasteiger partial charge in [0.25, 0.3) is 5.91 Å². The number of amides is 1. The summed E-state index contributed by atoms with van der Waals surface area (Å²) in [6, 6.07) is 3.42. The van der Waals surface area contributed by atoms with Crippen molar-refractivity contribution in [1.29, 1.82) is 0 Å². The zero-order valence-corrected chi connectivity index (χ0v) is 11.2. The Kier molecular flexibility index (Phi) is 5.73. The van der Waals surface area contributed by atoms with Crippen LogP contribution in [0, 0.1) is 17.7 Å². The van der Waals surface area contributed by atoms with Crippen LogP contribution in [-0.2, 0) is 0 Å². The van der Waals surface area contributed by atoms with Crippen LogP contribution in [0.5, 0.6) is 0 Å². The van der Waals surface area contributed by atoms with Crippen LogP contribution in [0.25, 0.3) is 0 Å². The third-order valence-electron chi connectivity index (χ3n) is 2.60. The molecule has 1 aromatic carbocycles. The van der Waals surface area contributed by atoms with Gasteiger partial charge < -0.3 is 10.0 Å². The Morgan fingerprint density at radius 1 is 1.38 bits per heavy atom. The van der Waals surface area contributed by atoms with E-state index in [-0.39, 0.29) is 11.1 Å². The third kappa shape index (κ3) is 5.44. The van der Waals surface area contributed by atoms with Crippen molar-refractivity contribution >= 4 is 5.91 Å². The highest BCUT2D eigenvalue weighted by molar-refractivity contribution is 5.94. The number of carbonyl (C=O) groups excluding carboxylic acids is 1. The van der Waals surface area contributed by atoms with Crippen molar-refractivity contribution < 1.29 is 27.5 Å². The normalized spacial score (nSPS) is 10.8. The van der Waals surface area contributed by atoms with Gasteiger partial charge in [-0.05, 0) is 18.2 Å². The molecule has 0 spiro atoms. The lowest BCUT2D eigenvalue weighted by atomic mass is 10.1. The fraction of sp³-hybridized carbons (Fsp3) is 0.357. The predicted octanol–water partition coefficient (Wildman–Crippen LogP) is 2.19. The van der Waals surface area contributed by atoms with Crippen molar-refractivity contribution in [3.05, 3.63) is 35.1 Å². The number of benzene rings is 1. The molecule has 0 aliphatic rings. The van der Waals surface area contributed by atoms with E-state index in [4.69, 9.17) is 5.11 Å². The maximum Gasteiger partial charge on any atom is 0.390 e. The number of carbonyl (C=O) groups is 1. The van der Waals surface area contributed by atoms with Gasteiger partial charge in [-0.1, -0.05) is 11.8 Å². The maximum atomic E-state index is 13.6. The minimum absolute atomic E-state index is 0.00135. The topological polar surface area (TPSA) is 40.5 Å². The Bertz CT molecular complexity index is 573. The first-order chi connectivity index (χ1) is 9.74. The lowest BCUT2D eigenvalue weighted by molar-refractivity contribution is -0.136. The van der Waals surface area contributed by atoms with E-state index >= 15 is 0 Å². The lowest BCUT2D eigenvalue weighted by Gasteiger charge is -2.18. The average Bonchev–Trinajstić information content (AvgIpc) is 2.41. The SMILES string of the molecule is CN(CCC(F)(F)F)C(=O)c1ccc(C#CCO)c(F)c1. The first-order valence-electron chi connectivity index (χ1n) is 5.96. The molecule has 0 unspecified atom stereocenters. The summed E-state index contributed by atoms with van der Waals surface area (Å²) in [5, 5.41) is 8.51. The van der Waals surface area contributed by atoms with Crippen LogP contribution in [0.4, 0.5) is 17.6 Å². The molecule has 0 bridgehead atoms. The first-order valence-corrected chi connectivity index (χ1v) is 5.96. The van der Waals surface area contributed by atoms with E-state index in [1.165, 1.54) is 19.2 Å². The molecule has 0 atom stereocenters. The summed E-state index contributed by atoms with van der Waals surface area (Å²) in [5.41, 5.74) is -0.0646. The Morgan fingerprint density at radius 2 is 2.05 bits per heavy atom. The predicted molar refractivity (Wildman–Crippen MR) is 68.0 cm³/mol. The standard InChI is InChI=1S/C14H13F4NO2/c1-19(7-6-14(16,17)18)13(21)11-5-4-10(3-2-8-20)12(15)9-11/h4-5,9,20H,6-8H2,1H3. The molecule has 0 radical (unpaired) electrons. The fourth-order valence-electron chi connectivity index (χ4n) is 1.50. The monoisotopic (exact) mass is 303 g/mol. The van der Waals surface area contributed by atoms with E-state index in [0.29, 0.717) is 0 Å². The van der Waals surface area contributed by atoms with Crippen LogP contribution in [-0.4, -0.2) is 42.3 Å². The Labute approximate surface area is 119 Å². The zero-order chi connectivity index (χ0) is 16.0. The van der Waals surface area contributed by atoms with E-state index in [2.05, 4.69) is 11.8 Å². The molecule has 0 aliphatic heterocycles. The van der Waals surface area contributed by atoms with Crippen molar-refractivity contribution in [2.24, 2.45) is 0 Å². The van der Waals surface area contributed by atoms with E-state index in [1.54, 1.807) is 0 Å². The van der Waals surface area contributed by atoms with Gasteiger partial charge in [0.15, 0.2) is 0 Å². The van der Waals surface area contributed by atoms with Crippen molar-refractivity contribution in [1.82, 2.24) is 4.90 Å². The van der Waals surface area contributed by atoms with Gasteiger partial charge in [-0.15, -0.1) is 0 Å². The quantitative estimate of drug-likeness (QED) is 0.687. The number of alkyl halides is 3. The highest BCUT2D eigenvalue weighted by Crippen LogP contribution is 2.20. The summed E-state index contributed by atoms with van der Waals surface area (Å²) in [7, 11) is 1.21. The molecule has 0 heterocycles. The highest BCUT2D eigenvalue weighted by atomic mass is 19.4. The van der Waals surface area contributed by atoms with Crippen molar-refractivity contribution in [3.63, 3.8) is 0 Å². The molecule has 0 fully saturated rings. The van der Waals surface area contributed by atoms with Crippen molar-refractivity contribution in [3.8, 4) is 11.8 Å². The summed E-state index contributed by atoms with van der Waals surface area (Å²) in [4.78, 5) is 12.7. The van der Waals surface area contributed by atoms with Crippen molar-refractivity contribution in [2.75, 3.05) is 20.2 Å². The number of halogens is 4. The first kappa shape index (κ1) is 17.0. The molecule has 114 valence electrons. The van der Waals surface area contributed by atoms with E-state index in [1.807, 2.05) is 0 Å². The molecule has 0 saturated carbocycles. The molecular weight excluding hydrogens is 290 g/mol. The van der Waals surface area contributed by atoms with Crippen LogP contribution in [0.3, 0.4) is 0 Å². The van der Waals surface area contributed by atoms with Gasteiger partial charge in [-0.2, -0.15) is 13.2 Å². The largest absolute Gasteiger partial charge is 0.390 e. The summed E-state index contributed by atoms with van der Waals surface area (Å²) in [5.74, 6) is 3.13. The third-order valence-corrected chi connectivity index (χ3v) is 2.60. The van der Waals surface area contributed by atoms with Gasteiger partial charge in [0.05, 0.1) is 12.0 Å². The molecule has 21 heavy (non-hydrogen) atoms. The number of aliphatic hydroxyl groups excluding tert-OH is 1. The molecule has 3 nitrogen and oxygen atoms in total. The zero-order valence-electron chi connectivity index (χ0n) is 11.2. The van der Waals surface area contributed by atoms with Crippen LogP contribution < -0.4 is 0 Å². The van der Waals surface area contributed by atoms with Gasteiger partial charge in [0, 0.05) is 19.2 Å². The second-order valence-electron chi connectivity index (χ2n) is 4.25. The number of hydrogen-bond donors (Lipinski definition) is 1. The van der Waals surface area contributed by atoms with E-state index in [0.717, 1.165) is 11.0 Å². The molecule has 1 amide bonds. The summed E-state index contributed by atoms with van der Waals surface area (Å²) in [6.45, 7) is -0.934. The van der Waals surface area contributed by atoms with Crippen molar-refractivity contribution in [2.45, 2.75) is 12.6 Å². The van der Waals surface area contributed by atoms with Crippen LogP contribution in [0.2, 0.25) is 0 Å². The molecule has 1 aromatic rings. The molecule has 7 heteroatoms. The molecule has 1 rings (SSSR count). The van der Waals surface area contributed by atoms with Gasteiger partial charge in [-0.3, -0.25) is 4.79 Å².